The van der Waals surface area contributed by atoms with E-state index in [1.165, 1.54) is 24.3 Å². The molecule has 2 aromatic carbocycles. The summed E-state index contributed by atoms with van der Waals surface area (Å²) < 4.78 is 95.7. The van der Waals surface area contributed by atoms with Crippen LogP contribution in [0.2, 0.25) is 0 Å². The van der Waals surface area contributed by atoms with Crippen LogP contribution in [0.25, 0.3) is 0 Å². The number of alkyl halides is 3. The van der Waals surface area contributed by atoms with Crippen LogP contribution in [0.4, 0.5) is 27.6 Å². The molecule has 5 nitrogen and oxygen atoms in total. The molecule has 0 saturated carbocycles. The van der Waals surface area contributed by atoms with Gasteiger partial charge in [-0.05, 0) is 30.3 Å². The number of sulfonamides is 1. The van der Waals surface area contributed by atoms with Gasteiger partial charge in [0.1, 0.15) is 24.3 Å². The highest BCUT2D eigenvalue weighted by atomic mass is 32.2. The van der Waals surface area contributed by atoms with Crippen LogP contribution < -0.4 is 14.4 Å². The van der Waals surface area contributed by atoms with Crippen molar-refractivity contribution < 1.29 is 35.1 Å². The fourth-order valence-corrected chi connectivity index (χ4v) is 4.29. The van der Waals surface area contributed by atoms with Crippen LogP contribution >= 0.6 is 0 Å². The van der Waals surface area contributed by atoms with E-state index in [1.807, 2.05) is 0 Å². The highest BCUT2D eigenvalue weighted by Gasteiger charge is 2.61. The first-order chi connectivity index (χ1) is 14.0. The molecule has 0 aliphatic carbocycles. The van der Waals surface area contributed by atoms with Crippen molar-refractivity contribution in [1.29, 1.82) is 0 Å². The molecule has 0 fully saturated rings. The fourth-order valence-electron chi connectivity index (χ4n) is 2.97. The van der Waals surface area contributed by atoms with E-state index in [-0.39, 0.29) is 29.3 Å². The van der Waals surface area contributed by atoms with Gasteiger partial charge in [0.25, 0.3) is 0 Å². The summed E-state index contributed by atoms with van der Waals surface area (Å²) in [6.45, 7) is -0.660. The molecule has 0 bridgehead atoms. The number of halogens is 5. The average Bonchev–Trinajstić information content (AvgIpc) is 2.69. The summed E-state index contributed by atoms with van der Waals surface area (Å²) in [6.07, 6.45) is 3.69. The molecule has 3 rings (SSSR count). The minimum Gasteiger partial charge on any atom is -0.454 e. The number of ether oxygens (including phenoxy) is 1. The van der Waals surface area contributed by atoms with Gasteiger partial charge >= 0.3 is 15.5 Å². The van der Waals surface area contributed by atoms with Gasteiger partial charge in [0.05, 0.1) is 0 Å². The van der Waals surface area contributed by atoms with E-state index in [0.717, 1.165) is 30.5 Å². The van der Waals surface area contributed by atoms with E-state index in [0.29, 0.717) is 6.07 Å². The molecule has 1 unspecified atom stereocenters. The molecular formula is C19H16F5N2O3S+. The Balaban J connectivity index is 2.04. The molecule has 1 aliphatic heterocycles. The molecule has 0 amide bonds. The standard InChI is InChI=1S/C19H16F5N2O3S/c20-14-3-8-18(17(21)10-14)29-16-6-4-15(5-7-16)26(30(27,28)19(22,23)24)9-1-2-13(11-25)12-26/h1-8,10,12H,9,11,25H2/q+1. The SMILES string of the molecule is NCC1=C[N+](c2ccc(Oc3ccc(F)cc3F)cc2)(S(=O)(=O)C(F)(F)F)CC=C1. The molecule has 1 heterocycles. The zero-order valence-corrected chi connectivity index (χ0v) is 16.1. The highest BCUT2D eigenvalue weighted by Crippen LogP contribution is 2.40. The molecule has 0 aromatic heterocycles. The van der Waals surface area contributed by atoms with E-state index in [2.05, 4.69) is 0 Å². The Bertz CT molecular complexity index is 1110. The Labute approximate surface area is 169 Å². The van der Waals surface area contributed by atoms with Gasteiger partial charge in [-0.15, -0.1) is 3.89 Å². The number of quaternary nitrogens is 1. The third kappa shape index (κ3) is 3.83. The number of hydrogen-bond acceptors (Lipinski definition) is 4. The molecule has 1 atom stereocenters. The Kier molecular flexibility index (Phi) is 5.72. The second kappa shape index (κ2) is 7.82. The van der Waals surface area contributed by atoms with Crippen LogP contribution in [0.15, 0.2) is 66.4 Å². The maximum Gasteiger partial charge on any atom is 0.550 e. The summed E-state index contributed by atoms with van der Waals surface area (Å²) in [5.41, 5.74) is -0.0277. The summed E-state index contributed by atoms with van der Waals surface area (Å²) in [5, 5.41) is 0. The number of nitrogens with zero attached hydrogens (tertiary/aromatic N) is 1. The average molecular weight is 447 g/mol. The van der Waals surface area contributed by atoms with E-state index in [9.17, 15) is 30.4 Å². The predicted octanol–water partition coefficient (Wildman–Crippen LogP) is 4.33. The number of hydrogen-bond donors (Lipinski definition) is 1. The molecule has 30 heavy (non-hydrogen) atoms. The smallest absolute Gasteiger partial charge is 0.454 e. The van der Waals surface area contributed by atoms with Gasteiger partial charge in [-0.25, -0.2) is 8.78 Å². The largest absolute Gasteiger partial charge is 0.550 e. The summed E-state index contributed by atoms with van der Waals surface area (Å²) in [6, 6.07) is 7.28. The monoisotopic (exact) mass is 447 g/mol. The Morgan fingerprint density at radius 3 is 2.30 bits per heavy atom. The Morgan fingerprint density at radius 1 is 1.07 bits per heavy atom. The van der Waals surface area contributed by atoms with Gasteiger partial charge in [0.15, 0.2) is 17.3 Å². The van der Waals surface area contributed by atoms with E-state index >= 15 is 0 Å². The molecule has 160 valence electrons. The molecule has 0 spiro atoms. The van der Waals surface area contributed by atoms with Gasteiger partial charge in [-0.2, -0.15) is 21.6 Å². The van der Waals surface area contributed by atoms with Crippen molar-refractivity contribution >= 4 is 15.7 Å². The number of nitrogens with two attached hydrogens (primary N) is 1. The minimum atomic E-state index is -5.73. The molecule has 0 saturated heterocycles. The molecule has 2 N–H and O–H groups in total. The quantitative estimate of drug-likeness (QED) is 0.547. The maximum atomic E-state index is 13.7. The Hall–Kier alpha value is -2.76. The van der Waals surface area contributed by atoms with Crippen molar-refractivity contribution in [2.45, 2.75) is 5.51 Å². The van der Waals surface area contributed by atoms with Crippen molar-refractivity contribution in [1.82, 2.24) is 3.89 Å². The zero-order valence-electron chi connectivity index (χ0n) is 15.2. The highest BCUT2D eigenvalue weighted by molar-refractivity contribution is 7.91. The lowest BCUT2D eigenvalue weighted by Crippen LogP contribution is -2.56. The van der Waals surface area contributed by atoms with Gasteiger partial charge < -0.3 is 10.5 Å². The number of rotatable bonds is 5. The molecular weight excluding hydrogens is 431 g/mol. The summed E-state index contributed by atoms with van der Waals surface area (Å²) in [7, 11) is -5.73. The van der Waals surface area contributed by atoms with Crippen LogP contribution in [0.5, 0.6) is 11.5 Å². The predicted molar refractivity (Wildman–Crippen MR) is 101 cm³/mol. The second-order valence-electron chi connectivity index (χ2n) is 6.38. The molecule has 2 aromatic rings. The van der Waals surface area contributed by atoms with Crippen LogP contribution in [-0.2, 0) is 10.0 Å². The Morgan fingerprint density at radius 2 is 1.73 bits per heavy atom. The minimum absolute atomic E-state index is 0.0161. The zero-order chi connectivity index (χ0) is 22.2. The summed E-state index contributed by atoms with van der Waals surface area (Å²) in [5.74, 6) is -2.07. The lowest BCUT2D eigenvalue weighted by Gasteiger charge is -2.34. The first-order valence-electron chi connectivity index (χ1n) is 8.51. The number of benzene rings is 2. The van der Waals surface area contributed by atoms with E-state index < -0.39 is 37.6 Å². The van der Waals surface area contributed by atoms with Crippen LogP contribution in [0, 0.1) is 11.6 Å². The molecule has 11 heteroatoms. The third-order valence-corrected chi connectivity index (χ3v) is 6.34. The first kappa shape index (κ1) is 21.9. The fraction of sp³-hybridized carbons (Fsp3) is 0.158. The van der Waals surface area contributed by atoms with Gasteiger partial charge in [-0.3, -0.25) is 0 Å². The topological polar surface area (TPSA) is 69.4 Å². The van der Waals surface area contributed by atoms with Gasteiger partial charge in [-0.1, -0.05) is 6.08 Å². The maximum absolute atomic E-state index is 13.7. The normalized spacial score (nSPS) is 19.5. The summed E-state index contributed by atoms with van der Waals surface area (Å²) >= 11 is 0. The second-order valence-corrected chi connectivity index (χ2v) is 8.44. The van der Waals surface area contributed by atoms with Crippen molar-refractivity contribution in [3.8, 4) is 11.5 Å². The summed E-state index contributed by atoms with van der Waals surface area (Å²) in [4.78, 5) is 0. The third-order valence-electron chi connectivity index (χ3n) is 4.44. The van der Waals surface area contributed by atoms with Crippen molar-refractivity contribution in [2.75, 3.05) is 13.1 Å². The first-order valence-corrected chi connectivity index (χ1v) is 9.95. The van der Waals surface area contributed by atoms with Crippen molar-refractivity contribution in [3.05, 3.63) is 78.0 Å². The van der Waals surface area contributed by atoms with Crippen LogP contribution in [0.3, 0.4) is 0 Å². The van der Waals surface area contributed by atoms with Crippen molar-refractivity contribution in [3.63, 3.8) is 0 Å². The van der Waals surface area contributed by atoms with Gasteiger partial charge in [0, 0.05) is 30.3 Å². The van der Waals surface area contributed by atoms with Crippen molar-refractivity contribution in [2.24, 2.45) is 5.73 Å². The lowest BCUT2D eigenvalue weighted by atomic mass is 10.2. The van der Waals surface area contributed by atoms with E-state index in [4.69, 9.17) is 10.5 Å². The van der Waals surface area contributed by atoms with Gasteiger partial charge in [0.2, 0.25) is 0 Å². The molecule has 1 aliphatic rings. The van der Waals surface area contributed by atoms with E-state index in [1.54, 1.807) is 0 Å². The lowest BCUT2D eigenvalue weighted by molar-refractivity contribution is -0.0473. The van der Waals surface area contributed by atoms with Crippen LogP contribution in [-0.4, -0.2) is 27.0 Å². The van der Waals surface area contributed by atoms with Crippen LogP contribution in [0.1, 0.15) is 0 Å². The molecule has 0 radical (unpaired) electrons.